The predicted molar refractivity (Wildman–Crippen MR) is 71.0 cm³/mol. The van der Waals surface area contributed by atoms with Crippen LogP contribution >= 0.6 is 15.9 Å². The summed E-state index contributed by atoms with van der Waals surface area (Å²) in [4.78, 5) is 16.0. The number of amides is 1. The number of nitrogens with one attached hydrogen (secondary N) is 1. The van der Waals surface area contributed by atoms with Gasteiger partial charge in [-0.15, -0.1) is 0 Å². The van der Waals surface area contributed by atoms with Crippen molar-refractivity contribution in [1.82, 2.24) is 4.98 Å². The minimum atomic E-state index is -0.581. The first-order valence-corrected chi connectivity index (χ1v) is 6.06. The average Bonchev–Trinajstić information content (AvgIpc) is 2.32. The first kappa shape index (κ1) is 12.7. The Kier molecular flexibility index (Phi) is 3.72. The largest absolute Gasteiger partial charge is 0.306 e. The lowest BCUT2D eigenvalue weighted by Crippen LogP contribution is -2.15. The summed E-state index contributed by atoms with van der Waals surface area (Å²) < 4.78 is 14.0. The Morgan fingerprint density at radius 3 is 2.72 bits per heavy atom. The number of hydrogen-bond acceptors (Lipinski definition) is 2. The Hall–Kier alpha value is -1.75. The lowest BCUT2D eigenvalue weighted by Gasteiger charge is -2.06. The van der Waals surface area contributed by atoms with Gasteiger partial charge in [0.05, 0.1) is 10.0 Å². The van der Waals surface area contributed by atoms with E-state index < -0.39 is 11.7 Å². The second-order valence-electron chi connectivity index (χ2n) is 3.72. The van der Waals surface area contributed by atoms with Crippen LogP contribution in [0.15, 0.2) is 40.9 Å². The topological polar surface area (TPSA) is 42.0 Å². The standard InChI is InChI=1S/C13H10BrFN2O/c1-8-4-2-7-11(16-8)17-13(18)9-5-3-6-10(14)12(9)15/h2-7H,1H3,(H,16,17,18). The van der Waals surface area contributed by atoms with Crippen LogP contribution in [0.25, 0.3) is 0 Å². The molecule has 0 radical (unpaired) electrons. The molecule has 92 valence electrons. The number of aryl methyl sites for hydroxylation is 1. The third-order valence-electron chi connectivity index (χ3n) is 2.33. The van der Waals surface area contributed by atoms with Crippen LogP contribution in [0.3, 0.4) is 0 Å². The van der Waals surface area contributed by atoms with Gasteiger partial charge in [0.1, 0.15) is 11.6 Å². The van der Waals surface area contributed by atoms with Crippen LogP contribution in [0.1, 0.15) is 16.1 Å². The number of aromatic nitrogens is 1. The molecule has 1 amide bonds. The molecule has 0 unspecified atom stereocenters. The van der Waals surface area contributed by atoms with Gasteiger partial charge in [0.2, 0.25) is 0 Å². The Balaban J connectivity index is 2.25. The van der Waals surface area contributed by atoms with Crippen LogP contribution in [-0.2, 0) is 0 Å². The Morgan fingerprint density at radius 2 is 2.00 bits per heavy atom. The molecule has 1 aromatic carbocycles. The van der Waals surface area contributed by atoms with Gasteiger partial charge in [0.15, 0.2) is 0 Å². The van der Waals surface area contributed by atoms with Crippen molar-refractivity contribution in [2.45, 2.75) is 6.92 Å². The van der Waals surface area contributed by atoms with E-state index in [0.29, 0.717) is 5.82 Å². The summed E-state index contributed by atoms with van der Waals surface area (Å²) in [6.45, 7) is 1.81. The molecule has 0 fully saturated rings. The van der Waals surface area contributed by atoms with Crippen molar-refractivity contribution in [3.8, 4) is 0 Å². The van der Waals surface area contributed by atoms with E-state index in [1.165, 1.54) is 12.1 Å². The van der Waals surface area contributed by atoms with Crippen molar-refractivity contribution in [1.29, 1.82) is 0 Å². The summed E-state index contributed by atoms with van der Waals surface area (Å²) in [5, 5.41) is 2.56. The van der Waals surface area contributed by atoms with Gasteiger partial charge in [-0.1, -0.05) is 12.1 Å². The highest BCUT2D eigenvalue weighted by Gasteiger charge is 2.14. The van der Waals surface area contributed by atoms with E-state index in [2.05, 4.69) is 26.2 Å². The molecule has 1 aromatic heterocycles. The summed E-state index contributed by atoms with van der Waals surface area (Å²) in [6.07, 6.45) is 0. The van der Waals surface area contributed by atoms with Gasteiger partial charge < -0.3 is 5.32 Å². The van der Waals surface area contributed by atoms with E-state index in [9.17, 15) is 9.18 Å². The number of carbonyl (C=O) groups is 1. The summed E-state index contributed by atoms with van der Waals surface area (Å²) in [5.74, 6) is -0.700. The van der Waals surface area contributed by atoms with Crippen LogP contribution in [0.2, 0.25) is 0 Å². The van der Waals surface area contributed by atoms with E-state index in [0.717, 1.165) is 5.69 Å². The van der Waals surface area contributed by atoms with Crippen LogP contribution in [0, 0.1) is 12.7 Å². The Bertz CT molecular complexity index is 601. The van der Waals surface area contributed by atoms with E-state index in [1.807, 2.05) is 13.0 Å². The maximum atomic E-state index is 13.7. The number of rotatable bonds is 2. The molecule has 0 spiro atoms. The molecular weight excluding hydrogens is 299 g/mol. The minimum absolute atomic E-state index is 0.0207. The van der Waals surface area contributed by atoms with Gasteiger partial charge in [0, 0.05) is 5.69 Å². The number of anilines is 1. The minimum Gasteiger partial charge on any atom is -0.306 e. The summed E-state index contributed by atoms with van der Waals surface area (Å²) >= 11 is 3.04. The van der Waals surface area contributed by atoms with Crippen LogP contribution in [0.5, 0.6) is 0 Å². The zero-order valence-electron chi connectivity index (χ0n) is 9.58. The molecule has 0 saturated carbocycles. The van der Waals surface area contributed by atoms with Crippen molar-refractivity contribution in [2.75, 3.05) is 5.32 Å². The predicted octanol–water partition coefficient (Wildman–Crippen LogP) is 3.54. The molecule has 2 rings (SSSR count). The molecule has 0 aliphatic carbocycles. The van der Waals surface area contributed by atoms with Gasteiger partial charge in [-0.2, -0.15) is 0 Å². The van der Waals surface area contributed by atoms with Crippen molar-refractivity contribution < 1.29 is 9.18 Å². The fourth-order valence-electron chi connectivity index (χ4n) is 1.48. The number of benzene rings is 1. The second-order valence-corrected chi connectivity index (χ2v) is 4.57. The molecule has 2 aromatic rings. The van der Waals surface area contributed by atoms with Crippen molar-refractivity contribution in [2.24, 2.45) is 0 Å². The number of pyridine rings is 1. The highest BCUT2D eigenvalue weighted by atomic mass is 79.9. The smallest absolute Gasteiger partial charge is 0.259 e. The quantitative estimate of drug-likeness (QED) is 0.922. The lowest BCUT2D eigenvalue weighted by atomic mass is 10.2. The van der Waals surface area contributed by atoms with Gasteiger partial charge in [-0.05, 0) is 47.1 Å². The van der Waals surface area contributed by atoms with Gasteiger partial charge in [-0.25, -0.2) is 9.37 Å². The van der Waals surface area contributed by atoms with Gasteiger partial charge in [-0.3, -0.25) is 4.79 Å². The van der Waals surface area contributed by atoms with E-state index in [4.69, 9.17) is 0 Å². The normalized spacial score (nSPS) is 10.2. The maximum absolute atomic E-state index is 13.7. The monoisotopic (exact) mass is 308 g/mol. The number of carbonyl (C=O) groups excluding carboxylic acids is 1. The van der Waals surface area contributed by atoms with E-state index in [-0.39, 0.29) is 10.0 Å². The van der Waals surface area contributed by atoms with Gasteiger partial charge >= 0.3 is 0 Å². The molecule has 0 aliphatic rings. The van der Waals surface area contributed by atoms with Crippen LogP contribution in [0.4, 0.5) is 10.2 Å². The summed E-state index contributed by atoms with van der Waals surface area (Å²) in [7, 11) is 0. The number of halogens is 2. The highest BCUT2D eigenvalue weighted by Crippen LogP contribution is 2.19. The molecular formula is C13H10BrFN2O. The zero-order chi connectivity index (χ0) is 13.1. The first-order valence-electron chi connectivity index (χ1n) is 5.27. The third kappa shape index (κ3) is 2.73. The molecule has 0 saturated heterocycles. The molecule has 3 nitrogen and oxygen atoms in total. The second kappa shape index (κ2) is 5.27. The molecule has 0 bridgehead atoms. The summed E-state index contributed by atoms with van der Waals surface area (Å²) in [5.41, 5.74) is 0.759. The fraction of sp³-hybridized carbons (Fsp3) is 0.0769. The third-order valence-corrected chi connectivity index (χ3v) is 2.94. The highest BCUT2D eigenvalue weighted by molar-refractivity contribution is 9.10. The maximum Gasteiger partial charge on any atom is 0.259 e. The van der Waals surface area contributed by atoms with Crippen LogP contribution in [-0.4, -0.2) is 10.9 Å². The lowest BCUT2D eigenvalue weighted by molar-refractivity contribution is 0.102. The Morgan fingerprint density at radius 1 is 1.28 bits per heavy atom. The molecule has 1 N–H and O–H groups in total. The molecule has 5 heteroatoms. The molecule has 18 heavy (non-hydrogen) atoms. The van der Waals surface area contributed by atoms with E-state index in [1.54, 1.807) is 18.2 Å². The molecule has 0 aliphatic heterocycles. The zero-order valence-corrected chi connectivity index (χ0v) is 11.2. The van der Waals surface area contributed by atoms with Crippen LogP contribution < -0.4 is 5.32 Å². The number of nitrogens with zero attached hydrogens (tertiary/aromatic N) is 1. The van der Waals surface area contributed by atoms with Crippen molar-refractivity contribution >= 4 is 27.7 Å². The molecule has 1 heterocycles. The molecule has 0 atom stereocenters. The first-order chi connectivity index (χ1) is 8.58. The fourth-order valence-corrected chi connectivity index (χ4v) is 1.84. The SMILES string of the molecule is Cc1cccc(NC(=O)c2cccc(Br)c2F)n1. The average molecular weight is 309 g/mol. The van der Waals surface area contributed by atoms with Gasteiger partial charge in [0.25, 0.3) is 5.91 Å². The Labute approximate surface area is 112 Å². The number of hydrogen-bond donors (Lipinski definition) is 1. The van der Waals surface area contributed by atoms with Crippen molar-refractivity contribution in [3.63, 3.8) is 0 Å². The summed E-state index contributed by atoms with van der Waals surface area (Å²) in [6, 6.07) is 9.80. The van der Waals surface area contributed by atoms with Crippen molar-refractivity contribution in [3.05, 3.63) is 57.9 Å². The van der Waals surface area contributed by atoms with E-state index >= 15 is 0 Å².